The largest absolute Gasteiger partial charge is 0.394 e. The Morgan fingerprint density at radius 3 is 2.29 bits per heavy atom. The number of benzene rings is 2. The van der Waals surface area contributed by atoms with Gasteiger partial charge in [-0.15, -0.1) is 0 Å². The molecule has 0 amide bonds. The van der Waals surface area contributed by atoms with Crippen molar-refractivity contribution in [1.82, 2.24) is 19.9 Å². The lowest BCUT2D eigenvalue weighted by Gasteiger charge is -2.25. The lowest BCUT2D eigenvalue weighted by molar-refractivity contribution is -0.114. The van der Waals surface area contributed by atoms with E-state index in [1.807, 2.05) is 55.5 Å². The average molecular weight is 482 g/mol. The smallest absolute Gasteiger partial charge is 0.152 e. The standard InChI is InChI=1S/C25H31N5O5/c1-14-28-21-22(17-4-2-3-5-18(17)29-25(21)26)30(14)12-16-8-6-15(7-9-16)10-27-11-19(32)23(34)24(35)20(33)13-31/h2-9,19-20,23-24,27,31-35H,10-13H2,1H3,(H2,26,29)/t19-,20+,23+,24?/m0/s1. The van der Waals surface area contributed by atoms with E-state index in [0.717, 1.165) is 33.4 Å². The Morgan fingerprint density at radius 2 is 1.57 bits per heavy atom. The van der Waals surface area contributed by atoms with Crippen molar-refractivity contribution < 1.29 is 25.5 Å². The Kier molecular flexibility index (Phi) is 7.60. The number of nitrogens with two attached hydrogens (primary N) is 1. The molecule has 10 nitrogen and oxygen atoms in total. The van der Waals surface area contributed by atoms with Gasteiger partial charge in [-0.2, -0.15) is 0 Å². The normalized spacial score (nSPS) is 15.4. The third kappa shape index (κ3) is 5.27. The number of aliphatic hydroxyl groups is 5. The van der Waals surface area contributed by atoms with Crippen molar-refractivity contribution >= 4 is 27.8 Å². The molecule has 0 aliphatic heterocycles. The van der Waals surface area contributed by atoms with E-state index in [0.29, 0.717) is 24.4 Å². The number of nitrogen functional groups attached to an aromatic ring is 1. The summed E-state index contributed by atoms with van der Waals surface area (Å²) in [4.78, 5) is 9.13. The minimum atomic E-state index is -1.64. The summed E-state index contributed by atoms with van der Waals surface area (Å²) in [6.45, 7) is 2.28. The van der Waals surface area contributed by atoms with Crippen molar-refractivity contribution in [1.29, 1.82) is 0 Å². The third-order valence-electron chi connectivity index (χ3n) is 6.17. The minimum absolute atomic E-state index is 0.000872. The molecular formula is C25H31N5O5. The van der Waals surface area contributed by atoms with E-state index in [1.54, 1.807) is 0 Å². The molecule has 8 N–H and O–H groups in total. The SMILES string of the molecule is Cc1nc2c(N)nc3ccccc3c2n1Cc1ccc(CNC[C@H](O)[C@@H](O)C(O)[C@H](O)CO)cc1. The Morgan fingerprint density at radius 1 is 0.914 bits per heavy atom. The van der Waals surface area contributed by atoms with E-state index < -0.39 is 31.0 Å². The lowest BCUT2D eigenvalue weighted by Crippen LogP contribution is -2.48. The molecule has 2 aromatic heterocycles. The predicted octanol–water partition coefficient (Wildman–Crippen LogP) is 0.0489. The molecule has 0 radical (unpaired) electrons. The molecule has 0 spiro atoms. The van der Waals surface area contributed by atoms with Crippen LogP contribution in [0.4, 0.5) is 5.82 Å². The summed E-state index contributed by atoms with van der Waals surface area (Å²) in [5.74, 6) is 1.25. The number of imidazole rings is 1. The van der Waals surface area contributed by atoms with Crippen LogP contribution in [0, 0.1) is 6.92 Å². The number of nitrogens with one attached hydrogen (secondary N) is 1. The van der Waals surface area contributed by atoms with Gasteiger partial charge in [-0.3, -0.25) is 0 Å². The number of hydrogen-bond donors (Lipinski definition) is 7. The number of fused-ring (bicyclic) bond motifs is 3. The van der Waals surface area contributed by atoms with Gasteiger partial charge in [-0.1, -0.05) is 42.5 Å². The Bertz CT molecular complexity index is 1290. The van der Waals surface area contributed by atoms with Crippen molar-refractivity contribution in [3.63, 3.8) is 0 Å². The Balaban J connectivity index is 1.43. The first kappa shape index (κ1) is 25.0. The van der Waals surface area contributed by atoms with E-state index in [-0.39, 0.29) is 6.54 Å². The minimum Gasteiger partial charge on any atom is -0.394 e. The fraction of sp³-hybridized carbons (Fsp3) is 0.360. The van der Waals surface area contributed by atoms with E-state index >= 15 is 0 Å². The zero-order chi connectivity index (χ0) is 25.1. The predicted molar refractivity (Wildman–Crippen MR) is 133 cm³/mol. The second-order valence-electron chi connectivity index (χ2n) is 8.70. The van der Waals surface area contributed by atoms with Gasteiger partial charge in [0, 0.05) is 25.0 Å². The van der Waals surface area contributed by atoms with Gasteiger partial charge in [-0.25, -0.2) is 9.97 Å². The fourth-order valence-corrected chi connectivity index (χ4v) is 4.16. The van der Waals surface area contributed by atoms with Gasteiger partial charge < -0.3 is 41.2 Å². The van der Waals surface area contributed by atoms with E-state index in [9.17, 15) is 20.4 Å². The van der Waals surface area contributed by atoms with Gasteiger partial charge in [0.15, 0.2) is 5.82 Å². The van der Waals surface area contributed by atoms with Gasteiger partial charge in [-0.05, 0) is 24.1 Å². The molecule has 4 rings (SSSR count). The van der Waals surface area contributed by atoms with Crippen LogP contribution in [0.15, 0.2) is 48.5 Å². The lowest BCUT2D eigenvalue weighted by atomic mass is 10.0. The van der Waals surface area contributed by atoms with Crippen LogP contribution in [0.3, 0.4) is 0 Å². The first-order chi connectivity index (χ1) is 16.8. The first-order valence-corrected chi connectivity index (χ1v) is 11.4. The summed E-state index contributed by atoms with van der Waals surface area (Å²) in [7, 11) is 0. The summed E-state index contributed by atoms with van der Waals surface area (Å²) in [5.41, 5.74) is 10.7. The number of aromatic nitrogens is 3. The highest BCUT2D eigenvalue weighted by atomic mass is 16.4. The molecule has 4 atom stereocenters. The third-order valence-corrected chi connectivity index (χ3v) is 6.17. The monoisotopic (exact) mass is 481 g/mol. The maximum absolute atomic E-state index is 10.0. The van der Waals surface area contributed by atoms with Crippen LogP contribution in [-0.2, 0) is 13.1 Å². The highest BCUT2D eigenvalue weighted by Crippen LogP contribution is 2.29. The molecule has 1 unspecified atom stereocenters. The molecule has 0 aliphatic rings. The van der Waals surface area contributed by atoms with Crippen LogP contribution in [0.25, 0.3) is 21.9 Å². The molecule has 10 heteroatoms. The molecule has 0 saturated carbocycles. The summed E-state index contributed by atoms with van der Waals surface area (Å²) in [6.07, 6.45) is -6.04. The molecule has 2 aromatic carbocycles. The van der Waals surface area contributed by atoms with Gasteiger partial charge in [0.25, 0.3) is 0 Å². The van der Waals surface area contributed by atoms with Crippen LogP contribution >= 0.6 is 0 Å². The van der Waals surface area contributed by atoms with Crippen LogP contribution in [0.1, 0.15) is 17.0 Å². The number of aryl methyl sites for hydroxylation is 1. The summed E-state index contributed by atoms with van der Waals surface area (Å²) < 4.78 is 2.13. The van der Waals surface area contributed by atoms with Crippen molar-refractivity contribution in [3.8, 4) is 0 Å². The molecule has 35 heavy (non-hydrogen) atoms. The average Bonchev–Trinajstić information content (AvgIpc) is 3.20. The topological polar surface area (TPSA) is 170 Å². The second kappa shape index (κ2) is 10.6. The van der Waals surface area contributed by atoms with Crippen LogP contribution in [0.5, 0.6) is 0 Å². The quantitative estimate of drug-likeness (QED) is 0.165. The summed E-state index contributed by atoms with van der Waals surface area (Å²) in [6, 6.07) is 15.8. The molecule has 4 aromatic rings. The highest BCUT2D eigenvalue weighted by molar-refractivity contribution is 6.06. The number of pyridine rings is 1. The molecular weight excluding hydrogens is 450 g/mol. The van der Waals surface area contributed by atoms with E-state index in [1.165, 1.54) is 0 Å². The Labute approximate surface area is 202 Å². The fourth-order valence-electron chi connectivity index (χ4n) is 4.16. The van der Waals surface area contributed by atoms with Gasteiger partial charge in [0.2, 0.25) is 0 Å². The van der Waals surface area contributed by atoms with Crippen molar-refractivity contribution in [2.24, 2.45) is 0 Å². The zero-order valence-corrected chi connectivity index (χ0v) is 19.4. The summed E-state index contributed by atoms with van der Waals surface area (Å²) >= 11 is 0. The van der Waals surface area contributed by atoms with Crippen LogP contribution in [0.2, 0.25) is 0 Å². The second-order valence-corrected chi connectivity index (χ2v) is 8.70. The molecule has 0 aliphatic carbocycles. The zero-order valence-electron chi connectivity index (χ0n) is 19.4. The van der Waals surface area contributed by atoms with Gasteiger partial charge >= 0.3 is 0 Å². The molecule has 0 saturated heterocycles. The number of anilines is 1. The maximum Gasteiger partial charge on any atom is 0.152 e. The molecule has 2 heterocycles. The first-order valence-electron chi connectivity index (χ1n) is 11.4. The Hall–Kier alpha value is -3.12. The van der Waals surface area contributed by atoms with E-state index in [4.69, 9.17) is 10.8 Å². The van der Waals surface area contributed by atoms with Crippen molar-refractivity contribution in [2.75, 3.05) is 18.9 Å². The molecule has 0 bridgehead atoms. The van der Waals surface area contributed by atoms with Crippen molar-refractivity contribution in [3.05, 3.63) is 65.5 Å². The van der Waals surface area contributed by atoms with E-state index in [2.05, 4.69) is 19.9 Å². The highest BCUT2D eigenvalue weighted by Gasteiger charge is 2.29. The van der Waals surface area contributed by atoms with Crippen molar-refractivity contribution in [2.45, 2.75) is 44.4 Å². The molecule has 186 valence electrons. The molecule has 0 fully saturated rings. The number of rotatable bonds is 10. The van der Waals surface area contributed by atoms with Gasteiger partial charge in [0.1, 0.15) is 29.7 Å². The van der Waals surface area contributed by atoms with Crippen LogP contribution < -0.4 is 11.1 Å². The number of hydrogen-bond acceptors (Lipinski definition) is 9. The number of nitrogens with zero attached hydrogens (tertiary/aromatic N) is 3. The van der Waals surface area contributed by atoms with Crippen LogP contribution in [-0.4, -0.2) is 77.6 Å². The number of aliphatic hydroxyl groups excluding tert-OH is 5. The maximum atomic E-state index is 10.0. The number of para-hydroxylation sites is 1. The summed E-state index contributed by atoms with van der Waals surface area (Å²) in [5, 5.41) is 51.9. The van der Waals surface area contributed by atoms with Gasteiger partial charge in [0.05, 0.1) is 23.7 Å².